The molecule has 0 unspecified atom stereocenters. The molecule has 7 nitrogen and oxygen atoms in total. The van der Waals surface area contributed by atoms with Crippen molar-refractivity contribution >= 4 is 46.3 Å². The minimum atomic E-state index is 0. The zero-order chi connectivity index (χ0) is 20.5. The van der Waals surface area contributed by atoms with E-state index in [1.54, 1.807) is 13.3 Å². The lowest BCUT2D eigenvalue weighted by molar-refractivity contribution is 0.417. The maximum Gasteiger partial charge on any atom is 0.227 e. The summed E-state index contributed by atoms with van der Waals surface area (Å²) < 4.78 is 7.64. The second-order valence-electron chi connectivity index (χ2n) is 7.07. The zero-order valence-electron chi connectivity index (χ0n) is 17.4. The third kappa shape index (κ3) is 3.84. The Morgan fingerprint density at radius 2 is 1.90 bits per heavy atom. The van der Waals surface area contributed by atoms with Gasteiger partial charge in [0.05, 0.1) is 29.9 Å². The topological polar surface area (TPSA) is 81.2 Å². The van der Waals surface area contributed by atoms with E-state index in [2.05, 4.69) is 33.2 Å². The fourth-order valence-electron chi connectivity index (χ4n) is 3.47. The van der Waals surface area contributed by atoms with E-state index in [4.69, 9.17) is 15.5 Å². The molecule has 0 aliphatic heterocycles. The van der Waals surface area contributed by atoms with E-state index >= 15 is 0 Å². The van der Waals surface area contributed by atoms with Crippen LogP contribution in [0.15, 0.2) is 54.9 Å². The Labute approximate surface area is 181 Å². The van der Waals surface area contributed by atoms with Gasteiger partial charge in [-0.2, -0.15) is 0 Å². The van der Waals surface area contributed by atoms with Crippen LogP contribution in [0, 0.1) is 0 Å². The third-order valence-corrected chi connectivity index (χ3v) is 4.91. The van der Waals surface area contributed by atoms with E-state index in [1.165, 1.54) is 0 Å². The van der Waals surface area contributed by atoms with E-state index in [-0.39, 0.29) is 12.4 Å². The molecular formula is C22H25ClN6O. The summed E-state index contributed by atoms with van der Waals surface area (Å²) in [6.45, 7) is 0. The third-order valence-electron chi connectivity index (χ3n) is 4.91. The van der Waals surface area contributed by atoms with Gasteiger partial charge in [-0.25, -0.2) is 9.97 Å². The lowest BCUT2D eigenvalue weighted by atomic mass is 10.1. The summed E-state index contributed by atoms with van der Waals surface area (Å²) in [4.78, 5) is 11.0. The SMILES string of the molecule is COc1cc(N(C)C)c(N)cc1Nc1nccc(-c2cn(C)c3ccccc23)n1.Cl. The minimum Gasteiger partial charge on any atom is -0.494 e. The molecule has 2 aromatic heterocycles. The van der Waals surface area contributed by atoms with Crippen LogP contribution in [0.4, 0.5) is 23.0 Å². The van der Waals surface area contributed by atoms with Gasteiger partial charge in [-0.05, 0) is 18.2 Å². The number of nitrogens with zero attached hydrogens (tertiary/aromatic N) is 4. The first-order valence-electron chi connectivity index (χ1n) is 9.27. The molecule has 3 N–H and O–H groups in total. The van der Waals surface area contributed by atoms with Crippen molar-refractivity contribution in [2.24, 2.45) is 7.05 Å². The predicted molar refractivity (Wildman–Crippen MR) is 126 cm³/mol. The van der Waals surface area contributed by atoms with Gasteiger partial charge in [-0.3, -0.25) is 0 Å². The monoisotopic (exact) mass is 424 g/mol. The molecule has 0 aliphatic rings. The van der Waals surface area contributed by atoms with Crippen molar-refractivity contribution in [1.29, 1.82) is 0 Å². The summed E-state index contributed by atoms with van der Waals surface area (Å²) in [5.74, 6) is 1.15. The number of anilines is 4. The average molecular weight is 425 g/mol. The highest BCUT2D eigenvalue weighted by Gasteiger charge is 2.13. The quantitative estimate of drug-likeness (QED) is 0.460. The van der Waals surface area contributed by atoms with Gasteiger partial charge in [-0.15, -0.1) is 12.4 Å². The summed E-state index contributed by atoms with van der Waals surface area (Å²) in [5, 5.41) is 4.39. The molecular weight excluding hydrogens is 400 g/mol. The highest BCUT2D eigenvalue weighted by molar-refractivity contribution is 5.95. The van der Waals surface area contributed by atoms with Crippen molar-refractivity contribution in [3.8, 4) is 17.0 Å². The molecule has 30 heavy (non-hydrogen) atoms. The van der Waals surface area contributed by atoms with Crippen LogP contribution < -0.4 is 20.7 Å². The molecule has 0 radical (unpaired) electrons. The van der Waals surface area contributed by atoms with Crippen LogP contribution in [0.3, 0.4) is 0 Å². The maximum absolute atomic E-state index is 6.20. The van der Waals surface area contributed by atoms with Gasteiger partial charge in [0, 0.05) is 56.1 Å². The molecule has 2 aromatic carbocycles. The van der Waals surface area contributed by atoms with E-state index in [1.807, 2.05) is 56.4 Å². The first kappa shape index (κ1) is 21.3. The Morgan fingerprint density at radius 3 is 2.63 bits per heavy atom. The molecule has 4 rings (SSSR count). The number of nitrogens with two attached hydrogens (primary N) is 1. The van der Waals surface area contributed by atoms with Crippen molar-refractivity contribution in [3.63, 3.8) is 0 Å². The zero-order valence-corrected chi connectivity index (χ0v) is 18.2. The number of aromatic nitrogens is 3. The maximum atomic E-state index is 6.20. The molecule has 0 saturated heterocycles. The van der Waals surface area contributed by atoms with Crippen LogP contribution in [-0.4, -0.2) is 35.7 Å². The standard InChI is InChI=1S/C22H24N6O.ClH/c1-27(2)20-12-21(29-4)18(11-16(20)23)26-22-24-10-9-17(25-22)15-13-28(3)19-8-6-5-7-14(15)19;/h5-13H,23H2,1-4H3,(H,24,25,26);1H. The van der Waals surface area contributed by atoms with Gasteiger partial charge in [-0.1, -0.05) is 18.2 Å². The fraction of sp³-hybridized carbons (Fsp3) is 0.182. The van der Waals surface area contributed by atoms with E-state index in [0.29, 0.717) is 23.1 Å². The molecule has 0 amide bonds. The average Bonchev–Trinajstić information content (AvgIpc) is 3.05. The van der Waals surface area contributed by atoms with Crippen LogP contribution in [-0.2, 0) is 7.05 Å². The van der Waals surface area contributed by atoms with E-state index < -0.39 is 0 Å². The summed E-state index contributed by atoms with van der Waals surface area (Å²) in [5.41, 5.74) is 11.5. The second kappa shape index (κ2) is 8.51. The van der Waals surface area contributed by atoms with Gasteiger partial charge >= 0.3 is 0 Å². The van der Waals surface area contributed by atoms with Gasteiger partial charge in [0.1, 0.15) is 5.75 Å². The molecule has 0 fully saturated rings. The van der Waals surface area contributed by atoms with Crippen molar-refractivity contribution < 1.29 is 4.74 Å². The molecule has 0 atom stereocenters. The predicted octanol–water partition coefficient (Wildman–Crippen LogP) is 4.46. The summed E-state index contributed by atoms with van der Waals surface area (Å²) in [6, 6.07) is 13.9. The Balaban J connectivity index is 0.00000256. The van der Waals surface area contributed by atoms with Crippen LogP contribution in [0.1, 0.15) is 0 Å². The van der Waals surface area contributed by atoms with Crippen LogP contribution >= 0.6 is 12.4 Å². The minimum absolute atomic E-state index is 0. The van der Waals surface area contributed by atoms with Gasteiger partial charge < -0.3 is 25.3 Å². The highest BCUT2D eigenvalue weighted by Crippen LogP contribution is 2.36. The van der Waals surface area contributed by atoms with Gasteiger partial charge in [0.15, 0.2) is 0 Å². The molecule has 0 aliphatic carbocycles. The summed E-state index contributed by atoms with van der Waals surface area (Å²) >= 11 is 0. The number of para-hydroxylation sites is 1. The lowest BCUT2D eigenvalue weighted by Crippen LogP contribution is -2.12. The molecule has 156 valence electrons. The molecule has 2 heterocycles. The Hall–Kier alpha value is -3.45. The first-order chi connectivity index (χ1) is 14.0. The molecule has 0 saturated carbocycles. The number of hydrogen-bond acceptors (Lipinski definition) is 6. The number of hydrogen-bond donors (Lipinski definition) is 2. The number of aryl methyl sites for hydroxylation is 1. The smallest absolute Gasteiger partial charge is 0.227 e. The summed E-state index contributed by atoms with van der Waals surface area (Å²) in [6.07, 6.45) is 3.83. The summed E-state index contributed by atoms with van der Waals surface area (Å²) in [7, 11) is 7.54. The highest BCUT2D eigenvalue weighted by atomic mass is 35.5. The van der Waals surface area contributed by atoms with E-state index in [9.17, 15) is 0 Å². The van der Waals surface area contributed by atoms with E-state index in [0.717, 1.165) is 27.8 Å². The number of rotatable bonds is 5. The number of benzene rings is 2. The fourth-order valence-corrected chi connectivity index (χ4v) is 3.47. The number of ether oxygens (including phenoxy) is 1. The molecule has 0 spiro atoms. The number of nitrogen functional groups attached to an aromatic ring is 1. The normalized spacial score (nSPS) is 10.5. The molecule has 0 bridgehead atoms. The van der Waals surface area contributed by atoms with Gasteiger partial charge in [0.2, 0.25) is 5.95 Å². The number of nitrogens with one attached hydrogen (secondary N) is 1. The lowest BCUT2D eigenvalue weighted by Gasteiger charge is -2.19. The second-order valence-corrected chi connectivity index (χ2v) is 7.07. The Morgan fingerprint density at radius 1 is 1.13 bits per heavy atom. The van der Waals surface area contributed by atoms with Crippen molar-refractivity contribution in [3.05, 3.63) is 54.9 Å². The van der Waals surface area contributed by atoms with Crippen LogP contribution in [0.5, 0.6) is 5.75 Å². The first-order valence-corrected chi connectivity index (χ1v) is 9.27. The Bertz CT molecular complexity index is 1190. The van der Waals surface area contributed by atoms with Crippen LogP contribution in [0.2, 0.25) is 0 Å². The number of methoxy groups -OCH3 is 1. The van der Waals surface area contributed by atoms with Crippen molar-refractivity contribution in [2.45, 2.75) is 0 Å². The van der Waals surface area contributed by atoms with Crippen LogP contribution in [0.25, 0.3) is 22.2 Å². The Kier molecular flexibility index (Phi) is 6.03. The largest absolute Gasteiger partial charge is 0.494 e. The van der Waals surface area contributed by atoms with Gasteiger partial charge in [0.25, 0.3) is 0 Å². The molecule has 8 heteroatoms. The van der Waals surface area contributed by atoms with Crippen molar-refractivity contribution in [2.75, 3.05) is 37.2 Å². The number of halogens is 1. The van der Waals surface area contributed by atoms with Crippen molar-refractivity contribution in [1.82, 2.24) is 14.5 Å². The molecule has 4 aromatic rings. The number of fused-ring (bicyclic) bond motifs is 1.